The average molecular weight is 274 g/mol. The van der Waals surface area contributed by atoms with Gasteiger partial charge in [-0.25, -0.2) is 9.67 Å². The van der Waals surface area contributed by atoms with Crippen molar-refractivity contribution in [3.05, 3.63) is 36.9 Å². The van der Waals surface area contributed by atoms with Crippen LogP contribution in [0.4, 0.5) is 5.69 Å². The molecule has 2 aromatic rings. The fourth-order valence-corrected chi connectivity index (χ4v) is 3.58. The molecular formula is C14H18N4S. The number of para-hydroxylation sites is 2. The molecule has 0 bridgehead atoms. The summed E-state index contributed by atoms with van der Waals surface area (Å²) in [6, 6.07) is 8.80. The van der Waals surface area contributed by atoms with Gasteiger partial charge in [0.1, 0.15) is 12.7 Å². The minimum absolute atomic E-state index is 0.531. The smallest absolute Gasteiger partial charge is 0.138 e. The third kappa shape index (κ3) is 2.76. The van der Waals surface area contributed by atoms with Crippen LogP contribution in [-0.4, -0.2) is 31.8 Å². The molecule has 100 valence electrons. The standard InChI is InChI=1S/C14H18N4S/c1-11-12(6-4-8-19-11)17-13-5-2-3-7-14(13)18-10-15-9-16-18/h2-3,5,7,9-12,17H,4,6,8H2,1H3. The van der Waals surface area contributed by atoms with E-state index in [4.69, 9.17) is 0 Å². The summed E-state index contributed by atoms with van der Waals surface area (Å²) >= 11 is 2.05. The summed E-state index contributed by atoms with van der Waals surface area (Å²) < 4.78 is 1.81. The SMILES string of the molecule is CC1SCCCC1Nc1ccccc1-n1cncn1. The van der Waals surface area contributed by atoms with Crippen molar-refractivity contribution in [1.29, 1.82) is 0 Å². The summed E-state index contributed by atoms with van der Waals surface area (Å²) in [6.45, 7) is 2.31. The maximum atomic E-state index is 4.22. The molecule has 1 aliphatic rings. The number of rotatable bonds is 3. The predicted octanol–water partition coefficient (Wildman–Crippen LogP) is 2.96. The lowest BCUT2D eigenvalue weighted by molar-refractivity contribution is 0.617. The largest absolute Gasteiger partial charge is 0.379 e. The number of anilines is 1. The van der Waals surface area contributed by atoms with E-state index in [0.29, 0.717) is 11.3 Å². The van der Waals surface area contributed by atoms with E-state index in [-0.39, 0.29) is 0 Å². The minimum atomic E-state index is 0.531. The van der Waals surface area contributed by atoms with Crippen LogP contribution in [0.2, 0.25) is 0 Å². The van der Waals surface area contributed by atoms with Crippen molar-refractivity contribution in [3.8, 4) is 5.69 Å². The van der Waals surface area contributed by atoms with E-state index < -0.39 is 0 Å². The topological polar surface area (TPSA) is 42.7 Å². The van der Waals surface area contributed by atoms with E-state index >= 15 is 0 Å². The zero-order chi connectivity index (χ0) is 13.1. The minimum Gasteiger partial charge on any atom is -0.379 e. The molecule has 0 amide bonds. The number of thioether (sulfide) groups is 1. The second kappa shape index (κ2) is 5.65. The van der Waals surface area contributed by atoms with Crippen LogP contribution in [0.1, 0.15) is 19.8 Å². The van der Waals surface area contributed by atoms with Gasteiger partial charge in [0.15, 0.2) is 0 Å². The van der Waals surface area contributed by atoms with Crippen LogP contribution in [0.3, 0.4) is 0 Å². The van der Waals surface area contributed by atoms with Gasteiger partial charge in [-0.2, -0.15) is 16.9 Å². The molecule has 1 N–H and O–H groups in total. The predicted molar refractivity (Wildman–Crippen MR) is 79.9 cm³/mol. The summed E-state index contributed by atoms with van der Waals surface area (Å²) in [4.78, 5) is 4.02. The van der Waals surface area contributed by atoms with E-state index in [0.717, 1.165) is 11.4 Å². The molecule has 0 radical (unpaired) electrons. The van der Waals surface area contributed by atoms with E-state index in [2.05, 4.69) is 52.3 Å². The molecular weight excluding hydrogens is 256 g/mol. The fourth-order valence-electron chi connectivity index (χ4n) is 2.44. The molecule has 5 heteroatoms. The van der Waals surface area contributed by atoms with Crippen LogP contribution in [0.15, 0.2) is 36.9 Å². The Labute approximate surface area is 117 Å². The summed E-state index contributed by atoms with van der Waals surface area (Å²) in [7, 11) is 0. The van der Waals surface area contributed by atoms with Crippen molar-refractivity contribution in [2.24, 2.45) is 0 Å². The number of hydrogen-bond acceptors (Lipinski definition) is 4. The first kappa shape index (κ1) is 12.5. The number of hydrogen-bond donors (Lipinski definition) is 1. The summed E-state index contributed by atoms with van der Waals surface area (Å²) in [6.07, 6.45) is 5.83. The van der Waals surface area contributed by atoms with Crippen LogP contribution >= 0.6 is 11.8 Å². The molecule has 0 spiro atoms. The highest BCUT2D eigenvalue weighted by atomic mass is 32.2. The number of nitrogens with one attached hydrogen (secondary N) is 1. The monoisotopic (exact) mass is 274 g/mol. The van der Waals surface area contributed by atoms with Gasteiger partial charge < -0.3 is 5.32 Å². The Morgan fingerprint density at radius 1 is 1.37 bits per heavy atom. The molecule has 19 heavy (non-hydrogen) atoms. The molecule has 0 aliphatic carbocycles. The molecule has 2 unspecified atom stereocenters. The number of aromatic nitrogens is 3. The number of benzene rings is 1. The molecule has 2 atom stereocenters. The first-order valence-corrected chi connectivity index (χ1v) is 7.71. The van der Waals surface area contributed by atoms with Gasteiger partial charge in [0, 0.05) is 11.3 Å². The third-order valence-corrected chi connectivity index (χ3v) is 4.90. The Hall–Kier alpha value is -1.49. The summed E-state index contributed by atoms with van der Waals surface area (Å²) in [5.74, 6) is 1.28. The van der Waals surface area contributed by atoms with E-state index in [9.17, 15) is 0 Å². The van der Waals surface area contributed by atoms with Gasteiger partial charge in [-0.1, -0.05) is 19.1 Å². The van der Waals surface area contributed by atoms with Crippen LogP contribution in [0.5, 0.6) is 0 Å². The third-order valence-electron chi connectivity index (χ3n) is 3.52. The maximum absolute atomic E-state index is 4.22. The fraction of sp³-hybridized carbons (Fsp3) is 0.429. The van der Waals surface area contributed by atoms with Crippen molar-refractivity contribution < 1.29 is 0 Å². The molecule has 2 heterocycles. The van der Waals surface area contributed by atoms with E-state index in [1.165, 1.54) is 18.6 Å². The second-order valence-corrected chi connectivity index (χ2v) is 6.31. The van der Waals surface area contributed by atoms with Crippen molar-refractivity contribution in [1.82, 2.24) is 14.8 Å². The molecule has 3 rings (SSSR count). The van der Waals surface area contributed by atoms with E-state index in [1.807, 2.05) is 10.7 Å². The zero-order valence-corrected chi connectivity index (χ0v) is 11.8. The molecule has 1 aromatic carbocycles. The quantitative estimate of drug-likeness (QED) is 0.934. The molecule has 1 saturated heterocycles. The Kier molecular flexibility index (Phi) is 3.73. The molecule has 0 saturated carbocycles. The van der Waals surface area contributed by atoms with Crippen molar-refractivity contribution in [3.63, 3.8) is 0 Å². The molecule has 1 aliphatic heterocycles. The van der Waals surface area contributed by atoms with Crippen LogP contribution in [0.25, 0.3) is 5.69 Å². The summed E-state index contributed by atoms with van der Waals surface area (Å²) in [5, 5.41) is 8.55. The second-order valence-electron chi connectivity index (χ2n) is 4.83. The first-order chi connectivity index (χ1) is 9.34. The van der Waals surface area contributed by atoms with Gasteiger partial charge in [0.2, 0.25) is 0 Å². The van der Waals surface area contributed by atoms with Crippen molar-refractivity contribution >= 4 is 17.4 Å². The van der Waals surface area contributed by atoms with Gasteiger partial charge in [0.25, 0.3) is 0 Å². The lowest BCUT2D eigenvalue weighted by Crippen LogP contribution is -2.33. The van der Waals surface area contributed by atoms with E-state index in [1.54, 1.807) is 12.7 Å². The van der Waals surface area contributed by atoms with Gasteiger partial charge >= 0.3 is 0 Å². The normalized spacial score (nSPS) is 23.2. The maximum Gasteiger partial charge on any atom is 0.138 e. The molecule has 1 aromatic heterocycles. The highest BCUT2D eigenvalue weighted by Gasteiger charge is 2.22. The van der Waals surface area contributed by atoms with Crippen molar-refractivity contribution in [2.75, 3.05) is 11.1 Å². The lowest BCUT2D eigenvalue weighted by Gasteiger charge is -2.30. The van der Waals surface area contributed by atoms with Gasteiger partial charge in [-0.3, -0.25) is 0 Å². The van der Waals surface area contributed by atoms with Gasteiger partial charge in [0.05, 0.1) is 11.4 Å². The zero-order valence-electron chi connectivity index (χ0n) is 11.0. The summed E-state index contributed by atoms with van der Waals surface area (Å²) in [5.41, 5.74) is 2.19. The van der Waals surface area contributed by atoms with Crippen LogP contribution in [0, 0.1) is 0 Å². The number of nitrogens with zero attached hydrogens (tertiary/aromatic N) is 3. The Morgan fingerprint density at radius 2 is 2.26 bits per heavy atom. The van der Waals surface area contributed by atoms with Crippen molar-refractivity contribution in [2.45, 2.75) is 31.1 Å². The Morgan fingerprint density at radius 3 is 3.05 bits per heavy atom. The van der Waals surface area contributed by atoms with Crippen LogP contribution < -0.4 is 5.32 Å². The highest BCUT2D eigenvalue weighted by molar-refractivity contribution is 8.00. The average Bonchev–Trinajstić information content (AvgIpc) is 2.96. The van der Waals surface area contributed by atoms with Gasteiger partial charge in [-0.15, -0.1) is 0 Å². The van der Waals surface area contributed by atoms with Crippen LogP contribution in [-0.2, 0) is 0 Å². The van der Waals surface area contributed by atoms with Gasteiger partial charge in [-0.05, 0) is 30.7 Å². The Bertz CT molecular complexity index is 526. The first-order valence-electron chi connectivity index (χ1n) is 6.67. The molecule has 4 nitrogen and oxygen atoms in total. The lowest BCUT2D eigenvalue weighted by atomic mass is 10.1. The Balaban J connectivity index is 1.84. The highest BCUT2D eigenvalue weighted by Crippen LogP contribution is 2.29. The molecule has 1 fully saturated rings.